The fraction of sp³-hybridized carbons (Fsp3) is 0.770. The summed E-state index contributed by atoms with van der Waals surface area (Å²) >= 11 is 0. The van der Waals surface area contributed by atoms with E-state index in [9.17, 15) is 19.0 Å². The molecular formula is C61H111N2O7P. The average Bonchev–Trinajstić information content (AvgIpc) is 3.33. The average molecular weight is 1020 g/mol. The van der Waals surface area contributed by atoms with Crippen LogP contribution in [-0.2, 0) is 27.9 Å². The highest BCUT2D eigenvalue weighted by Crippen LogP contribution is 2.38. The Morgan fingerprint density at radius 1 is 0.493 bits per heavy atom. The van der Waals surface area contributed by atoms with E-state index < -0.39 is 26.6 Å². The summed E-state index contributed by atoms with van der Waals surface area (Å²) < 4.78 is 30.2. The van der Waals surface area contributed by atoms with Gasteiger partial charge in [-0.1, -0.05) is 210 Å². The van der Waals surface area contributed by atoms with E-state index in [4.69, 9.17) is 13.8 Å². The van der Waals surface area contributed by atoms with Crippen LogP contribution in [0.15, 0.2) is 72.9 Å². The van der Waals surface area contributed by atoms with E-state index in [1.165, 1.54) is 122 Å². The van der Waals surface area contributed by atoms with Crippen molar-refractivity contribution < 1.29 is 37.3 Å². The number of unbranched alkanes of at least 4 members (excludes halogenated alkanes) is 26. The number of phosphoric ester groups is 1. The predicted molar refractivity (Wildman–Crippen MR) is 302 cm³/mol. The number of hydrogen-bond acceptors (Lipinski definition) is 7. The molecule has 0 spiro atoms. The first-order valence-corrected chi connectivity index (χ1v) is 30.7. The molecule has 3 atom stereocenters. The molecule has 0 bridgehead atoms. The normalized spacial score (nSPS) is 14.3. The highest BCUT2D eigenvalue weighted by atomic mass is 31.2. The summed E-state index contributed by atoms with van der Waals surface area (Å²) in [5, 5.41) is 3.00. The molecule has 0 saturated heterocycles. The zero-order valence-electron chi connectivity index (χ0n) is 46.9. The highest BCUT2D eigenvalue weighted by molar-refractivity contribution is 7.45. The quantitative estimate of drug-likeness (QED) is 0.0212. The molecule has 0 fully saturated rings. The maximum atomic E-state index is 13.5. The van der Waals surface area contributed by atoms with Crippen LogP contribution in [0.25, 0.3) is 0 Å². The van der Waals surface area contributed by atoms with Gasteiger partial charge in [-0.3, -0.25) is 14.2 Å². The van der Waals surface area contributed by atoms with Crippen molar-refractivity contribution in [2.45, 2.75) is 264 Å². The molecule has 0 rings (SSSR count). The molecule has 0 aliphatic rings. The molecule has 0 heterocycles. The van der Waals surface area contributed by atoms with E-state index >= 15 is 0 Å². The first-order valence-electron chi connectivity index (χ1n) is 29.2. The van der Waals surface area contributed by atoms with Crippen molar-refractivity contribution in [2.75, 3.05) is 40.9 Å². The van der Waals surface area contributed by atoms with Gasteiger partial charge in [-0.2, -0.15) is 0 Å². The second kappa shape index (κ2) is 51.0. The monoisotopic (exact) mass is 1010 g/mol. The van der Waals surface area contributed by atoms with Crippen LogP contribution in [0.5, 0.6) is 0 Å². The lowest BCUT2D eigenvalue weighted by atomic mass is 10.0. The zero-order chi connectivity index (χ0) is 52.2. The Kier molecular flexibility index (Phi) is 49.1. The minimum absolute atomic E-state index is 0.0332. The van der Waals surface area contributed by atoms with Gasteiger partial charge >= 0.3 is 5.97 Å². The summed E-state index contributed by atoms with van der Waals surface area (Å²) in [5.74, 6) is -0.596. The highest BCUT2D eigenvalue weighted by Gasteiger charge is 2.27. The van der Waals surface area contributed by atoms with Gasteiger partial charge in [0.15, 0.2) is 0 Å². The third-order valence-corrected chi connectivity index (χ3v) is 13.6. The second-order valence-electron chi connectivity index (χ2n) is 20.8. The zero-order valence-corrected chi connectivity index (χ0v) is 47.8. The summed E-state index contributed by atoms with van der Waals surface area (Å²) in [6.07, 6.45) is 64.3. The van der Waals surface area contributed by atoms with E-state index in [2.05, 4.69) is 86.8 Å². The Morgan fingerprint density at radius 3 is 1.32 bits per heavy atom. The minimum Gasteiger partial charge on any atom is -0.756 e. The third-order valence-electron chi connectivity index (χ3n) is 12.6. The molecule has 1 amide bonds. The van der Waals surface area contributed by atoms with Crippen molar-refractivity contribution in [3.05, 3.63) is 72.9 Å². The number of carbonyl (C=O) groups is 2. The van der Waals surface area contributed by atoms with Crippen molar-refractivity contribution in [1.82, 2.24) is 5.32 Å². The maximum absolute atomic E-state index is 13.5. The van der Waals surface area contributed by atoms with Crippen LogP contribution < -0.4 is 10.2 Å². The van der Waals surface area contributed by atoms with Gasteiger partial charge in [0.2, 0.25) is 5.91 Å². The number of rotatable bonds is 52. The first kappa shape index (κ1) is 68.5. The first-order chi connectivity index (χ1) is 34.4. The Balaban J connectivity index is 5.43. The fourth-order valence-electron chi connectivity index (χ4n) is 8.03. The number of ether oxygens (including phenoxy) is 1. The van der Waals surface area contributed by atoms with Crippen molar-refractivity contribution in [3.8, 4) is 0 Å². The van der Waals surface area contributed by atoms with Crippen LogP contribution in [-0.4, -0.2) is 69.4 Å². The smallest absolute Gasteiger partial charge is 0.306 e. The van der Waals surface area contributed by atoms with Gasteiger partial charge in [-0.05, 0) is 102 Å². The Hall–Kier alpha value is -2.55. The molecule has 0 saturated carbocycles. The van der Waals surface area contributed by atoms with Crippen LogP contribution >= 0.6 is 7.82 Å². The molecular weight excluding hydrogens is 904 g/mol. The van der Waals surface area contributed by atoms with Gasteiger partial charge in [0.25, 0.3) is 7.82 Å². The molecule has 0 aliphatic carbocycles. The lowest BCUT2D eigenvalue weighted by Crippen LogP contribution is -2.47. The second-order valence-corrected chi connectivity index (χ2v) is 22.2. The number of nitrogens with zero attached hydrogens (tertiary/aromatic N) is 1. The number of nitrogens with one attached hydrogen (secondary N) is 1. The van der Waals surface area contributed by atoms with Crippen molar-refractivity contribution >= 4 is 19.7 Å². The van der Waals surface area contributed by atoms with Crippen LogP contribution in [0, 0.1) is 0 Å². The summed E-state index contributed by atoms with van der Waals surface area (Å²) in [7, 11) is 1.15. The van der Waals surface area contributed by atoms with E-state index in [1.807, 2.05) is 33.3 Å². The SMILES string of the molecule is CCCCC/C=C\C/C=C\C/C=C\C/C=C\CCCCCC(=O)NC(COP(=O)([O-])OCC[N+](C)(C)C)C(/C=C\CCCCCCCCCCCCC)OC(=O)CCCCC/C=C\CCCCCCCC. The topological polar surface area (TPSA) is 114 Å². The largest absolute Gasteiger partial charge is 0.756 e. The van der Waals surface area contributed by atoms with Crippen molar-refractivity contribution in [3.63, 3.8) is 0 Å². The lowest BCUT2D eigenvalue weighted by Gasteiger charge is -2.30. The molecule has 10 heteroatoms. The molecule has 1 N–H and O–H groups in total. The van der Waals surface area contributed by atoms with Crippen LogP contribution in [0.4, 0.5) is 0 Å². The maximum Gasteiger partial charge on any atom is 0.306 e. The van der Waals surface area contributed by atoms with Crippen molar-refractivity contribution in [2.24, 2.45) is 0 Å². The molecule has 3 unspecified atom stereocenters. The summed E-state index contributed by atoms with van der Waals surface area (Å²) in [6, 6.07) is -0.912. The van der Waals surface area contributed by atoms with Gasteiger partial charge < -0.3 is 28.5 Å². The predicted octanol–water partition coefficient (Wildman–Crippen LogP) is 17.0. The molecule has 71 heavy (non-hydrogen) atoms. The Labute approximate surface area is 438 Å². The van der Waals surface area contributed by atoms with Crippen LogP contribution in [0.3, 0.4) is 0 Å². The van der Waals surface area contributed by atoms with E-state index in [0.29, 0.717) is 23.9 Å². The number of esters is 1. The Morgan fingerprint density at radius 2 is 0.859 bits per heavy atom. The molecule has 0 aromatic rings. The van der Waals surface area contributed by atoms with E-state index in [-0.39, 0.29) is 31.3 Å². The van der Waals surface area contributed by atoms with Crippen molar-refractivity contribution in [1.29, 1.82) is 0 Å². The van der Waals surface area contributed by atoms with Crippen LogP contribution in [0.2, 0.25) is 0 Å². The van der Waals surface area contributed by atoms with Gasteiger partial charge in [-0.25, -0.2) is 0 Å². The van der Waals surface area contributed by atoms with E-state index in [1.54, 1.807) is 0 Å². The van der Waals surface area contributed by atoms with Gasteiger partial charge in [0.05, 0.1) is 33.8 Å². The van der Waals surface area contributed by atoms with Gasteiger partial charge in [-0.15, -0.1) is 0 Å². The number of phosphoric acid groups is 1. The lowest BCUT2D eigenvalue weighted by molar-refractivity contribution is -0.870. The van der Waals surface area contributed by atoms with Gasteiger partial charge in [0, 0.05) is 12.8 Å². The molecule has 9 nitrogen and oxygen atoms in total. The van der Waals surface area contributed by atoms with Crippen LogP contribution in [0.1, 0.15) is 252 Å². The molecule has 0 aromatic carbocycles. The molecule has 0 radical (unpaired) electrons. The third kappa shape index (κ3) is 52.1. The number of likely N-dealkylation sites (N-methyl/N-ethyl adjacent to an activating group) is 1. The number of amides is 1. The van der Waals surface area contributed by atoms with Gasteiger partial charge in [0.1, 0.15) is 19.3 Å². The number of quaternary nitrogens is 1. The summed E-state index contributed by atoms with van der Waals surface area (Å²) in [6.45, 7) is 6.77. The summed E-state index contributed by atoms with van der Waals surface area (Å²) in [4.78, 5) is 39.8. The standard InChI is InChI=1S/C61H111N2O7P/c1-7-10-13-16-19-22-25-28-29-30-31-32-33-36-38-41-44-47-50-53-60(64)62-58(57-69-71(66,67)68-56-55-63(4,5)6)59(52-49-46-43-40-37-34-26-23-20-17-14-11-8-2)70-61(65)54-51-48-45-42-39-35-27-24-21-18-15-12-9-3/h19,22,28-29,31-32,35-36,38-39,49,52,58-59H,7-18,20-21,23-27,30,33-34,37,40-48,50-51,53-57H2,1-6H3,(H-,62,64,66,67)/b22-19-,29-28-,32-31-,38-36-,39-35-,52-49-. The molecule has 412 valence electrons. The molecule has 0 aromatic heterocycles. The Bertz CT molecular complexity index is 1450. The number of allylic oxidation sites excluding steroid dienone is 11. The number of hydrogen-bond donors (Lipinski definition) is 1. The summed E-state index contributed by atoms with van der Waals surface area (Å²) in [5.41, 5.74) is 0. The van der Waals surface area contributed by atoms with E-state index in [0.717, 1.165) is 83.5 Å². The molecule has 0 aliphatic heterocycles. The minimum atomic E-state index is -4.71. The fourth-order valence-corrected chi connectivity index (χ4v) is 8.75. The number of carbonyl (C=O) groups excluding carboxylic acids is 2.